The zero-order valence-corrected chi connectivity index (χ0v) is 7.09. The van der Waals surface area contributed by atoms with Gasteiger partial charge in [0, 0.05) is 5.92 Å². The van der Waals surface area contributed by atoms with Crippen molar-refractivity contribution in [1.82, 2.24) is 4.98 Å². The number of nitro groups is 1. The quantitative estimate of drug-likeness (QED) is 0.507. The molecule has 0 fully saturated rings. The Balaban J connectivity index is 2.90. The van der Waals surface area contributed by atoms with Crippen molar-refractivity contribution in [2.75, 3.05) is 0 Å². The minimum Gasteiger partial charge on any atom is -0.358 e. The summed E-state index contributed by atoms with van der Waals surface area (Å²) < 4.78 is 0. The van der Waals surface area contributed by atoms with Crippen LogP contribution >= 0.6 is 11.3 Å². The van der Waals surface area contributed by atoms with Crippen molar-refractivity contribution < 1.29 is 4.92 Å². The van der Waals surface area contributed by atoms with E-state index in [-0.39, 0.29) is 11.7 Å². The van der Waals surface area contributed by atoms with Gasteiger partial charge in [-0.3, -0.25) is 0 Å². The Morgan fingerprint density at radius 1 is 1.73 bits per heavy atom. The minimum atomic E-state index is -0.470. The van der Waals surface area contributed by atoms with Crippen LogP contribution in [0.5, 0.6) is 0 Å². The fourth-order valence-electron chi connectivity index (χ4n) is 0.628. The van der Waals surface area contributed by atoms with E-state index < -0.39 is 4.92 Å². The molecule has 0 N–H and O–H groups in total. The van der Waals surface area contributed by atoms with Gasteiger partial charge < -0.3 is 10.1 Å². The molecule has 0 aromatic carbocycles. The van der Waals surface area contributed by atoms with Crippen LogP contribution in [0.4, 0.5) is 5.82 Å². The number of nitrogens with zero attached hydrogens (tertiary/aromatic N) is 2. The van der Waals surface area contributed by atoms with Crippen LogP contribution in [0.25, 0.3) is 0 Å². The molecule has 0 aliphatic rings. The minimum absolute atomic E-state index is 0.0429. The molecule has 11 heavy (non-hydrogen) atoms. The van der Waals surface area contributed by atoms with E-state index in [0.717, 1.165) is 5.01 Å². The van der Waals surface area contributed by atoms with Gasteiger partial charge >= 0.3 is 5.82 Å². The Kier molecular flexibility index (Phi) is 2.19. The van der Waals surface area contributed by atoms with Crippen LogP contribution in [0.15, 0.2) is 5.38 Å². The van der Waals surface area contributed by atoms with Crippen molar-refractivity contribution in [2.45, 2.75) is 19.8 Å². The molecule has 0 radical (unpaired) electrons. The summed E-state index contributed by atoms with van der Waals surface area (Å²) in [6.45, 7) is 3.92. The molecule has 0 amide bonds. The number of rotatable bonds is 2. The highest BCUT2D eigenvalue weighted by Crippen LogP contribution is 2.22. The summed E-state index contributed by atoms with van der Waals surface area (Å²) in [6.07, 6.45) is 0. The third-order valence-corrected chi connectivity index (χ3v) is 2.32. The third kappa shape index (κ3) is 1.74. The van der Waals surface area contributed by atoms with E-state index in [9.17, 15) is 10.1 Å². The molecule has 1 rings (SSSR count). The van der Waals surface area contributed by atoms with Crippen molar-refractivity contribution in [3.05, 3.63) is 20.5 Å². The Bertz CT molecular complexity index is 269. The standard InChI is InChI=1S/C6H8N2O2S/c1-4(2)6-7-5(3-11-6)8(9)10/h3-4H,1-2H3. The maximum absolute atomic E-state index is 10.2. The van der Waals surface area contributed by atoms with Gasteiger partial charge in [-0.05, 0) is 9.91 Å². The molecule has 60 valence electrons. The number of thiazole rings is 1. The van der Waals surface area contributed by atoms with Crippen LogP contribution in [-0.2, 0) is 0 Å². The van der Waals surface area contributed by atoms with Crippen LogP contribution in [0.3, 0.4) is 0 Å². The summed E-state index contributed by atoms with van der Waals surface area (Å²) in [7, 11) is 0. The molecule has 1 heterocycles. The van der Waals surface area contributed by atoms with E-state index in [2.05, 4.69) is 4.98 Å². The Labute approximate surface area is 68.0 Å². The highest BCUT2D eigenvalue weighted by Gasteiger charge is 2.15. The topological polar surface area (TPSA) is 56.0 Å². The van der Waals surface area contributed by atoms with E-state index in [1.165, 1.54) is 16.7 Å². The van der Waals surface area contributed by atoms with Crippen molar-refractivity contribution in [3.63, 3.8) is 0 Å². The molecule has 0 aliphatic heterocycles. The van der Waals surface area contributed by atoms with Crippen LogP contribution in [0, 0.1) is 10.1 Å². The number of hydrogen-bond donors (Lipinski definition) is 0. The molecule has 1 aromatic heterocycles. The maximum atomic E-state index is 10.2. The zero-order valence-electron chi connectivity index (χ0n) is 6.27. The lowest BCUT2D eigenvalue weighted by atomic mass is 10.2. The zero-order chi connectivity index (χ0) is 8.43. The summed E-state index contributed by atoms with van der Waals surface area (Å²) in [5, 5.41) is 12.5. The normalized spacial score (nSPS) is 10.5. The monoisotopic (exact) mass is 172 g/mol. The fraction of sp³-hybridized carbons (Fsp3) is 0.500. The summed E-state index contributed by atoms with van der Waals surface area (Å²) in [5.41, 5.74) is 0. The lowest BCUT2D eigenvalue weighted by Crippen LogP contribution is -1.89. The van der Waals surface area contributed by atoms with Crippen molar-refractivity contribution in [2.24, 2.45) is 0 Å². The van der Waals surface area contributed by atoms with Gasteiger partial charge in [-0.15, -0.1) is 0 Å². The SMILES string of the molecule is CC(C)c1nc([N+](=O)[O-])cs1. The van der Waals surface area contributed by atoms with E-state index in [1.807, 2.05) is 13.8 Å². The lowest BCUT2D eigenvalue weighted by molar-refractivity contribution is -0.389. The van der Waals surface area contributed by atoms with E-state index in [0.29, 0.717) is 0 Å². The molecular formula is C6H8N2O2S. The van der Waals surface area contributed by atoms with Crippen molar-refractivity contribution in [1.29, 1.82) is 0 Å². The third-order valence-electron chi connectivity index (χ3n) is 1.19. The first-order valence-corrected chi connectivity index (χ1v) is 4.09. The number of hydrogen-bond acceptors (Lipinski definition) is 4. The fourth-order valence-corrected chi connectivity index (χ4v) is 1.41. The van der Waals surface area contributed by atoms with Gasteiger partial charge in [0.1, 0.15) is 0 Å². The summed E-state index contributed by atoms with van der Waals surface area (Å²) in [5.74, 6) is 0.229. The van der Waals surface area contributed by atoms with Crippen LogP contribution in [0.1, 0.15) is 24.8 Å². The molecule has 1 aromatic rings. The van der Waals surface area contributed by atoms with Crippen LogP contribution in [0.2, 0.25) is 0 Å². The van der Waals surface area contributed by atoms with Crippen LogP contribution < -0.4 is 0 Å². The smallest absolute Gasteiger partial charge is 0.358 e. The van der Waals surface area contributed by atoms with Gasteiger partial charge in [-0.2, -0.15) is 0 Å². The van der Waals surface area contributed by atoms with E-state index in [4.69, 9.17) is 0 Å². The molecular weight excluding hydrogens is 164 g/mol. The highest BCUT2D eigenvalue weighted by atomic mass is 32.1. The predicted octanol–water partition coefficient (Wildman–Crippen LogP) is 2.17. The molecule has 4 nitrogen and oxygen atoms in total. The first-order chi connectivity index (χ1) is 5.11. The van der Waals surface area contributed by atoms with Crippen molar-refractivity contribution >= 4 is 17.2 Å². The van der Waals surface area contributed by atoms with Gasteiger partial charge in [0.25, 0.3) is 0 Å². The van der Waals surface area contributed by atoms with Crippen LogP contribution in [-0.4, -0.2) is 9.91 Å². The molecule has 0 unspecified atom stereocenters. The Hall–Kier alpha value is -0.970. The van der Waals surface area contributed by atoms with Gasteiger partial charge in [0.2, 0.25) is 5.01 Å². The number of aromatic nitrogens is 1. The first kappa shape index (κ1) is 8.13. The second kappa shape index (κ2) is 2.96. The highest BCUT2D eigenvalue weighted by molar-refractivity contribution is 7.10. The molecule has 0 aliphatic carbocycles. The molecule has 0 saturated carbocycles. The average molecular weight is 172 g/mol. The second-order valence-electron chi connectivity index (χ2n) is 2.46. The van der Waals surface area contributed by atoms with Gasteiger partial charge in [0.05, 0.1) is 5.38 Å². The first-order valence-electron chi connectivity index (χ1n) is 3.21. The molecule has 0 spiro atoms. The van der Waals surface area contributed by atoms with Gasteiger partial charge in [-0.25, -0.2) is 0 Å². The van der Waals surface area contributed by atoms with E-state index >= 15 is 0 Å². The Morgan fingerprint density at radius 3 is 2.64 bits per heavy atom. The molecule has 0 atom stereocenters. The Morgan fingerprint density at radius 2 is 2.36 bits per heavy atom. The molecule has 0 bridgehead atoms. The summed E-state index contributed by atoms with van der Waals surface area (Å²) >= 11 is 1.33. The van der Waals surface area contributed by atoms with Gasteiger partial charge in [0.15, 0.2) is 0 Å². The average Bonchev–Trinajstić information content (AvgIpc) is 2.33. The second-order valence-corrected chi connectivity index (χ2v) is 3.35. The van der Waals surface area contributed by atoms with Gasteiger partial charge in [-0.1, -0.05) is 25.2 Å². The lowest BCUT2D eigenvalue weighted by Gasteiger charge is -1.89. The molecule has 0 saturated heterocycles. The largest absolute Gasteiger partial charge is 0.374 e. The van der Waals surface area contributed by atoms with E-state index in [1.54, 1.807) is 0 Å². The predicted molar refractivity (Wildman–Crippen MR) is 42.9 cm³/mol. The summed E-state index contributed by atoms with van der Waals surface area (Å²) in [6, 6.07) is 0. The molecule has 5 heteroatoms. The summed E-state index contributed by atoms with van der Waals surface area (Å²) in [4.78, 5) is 13.5. The van der Waals surface area contributed by atoms with Crippen molar-refractivity contribution in [3.8, 4) is 0 Å². The maximum Gasteiger partial charge on any atom is 0.374 e.